The number of nitrogens with two attached hydrogens (primary N) is 1. The Morgan fingerprint density at radius 3 is 2.82 bits per heavy atom. The summed E-state index contributed by atoms with van der Waals surface area (Å²) in [6.45, 7) is 0. The van der Waals surface area contributed by atoms with Crippen LogP contribution in [-0.4, -0.2) is 12.2 Å². The highest BCUT2D eigenvalue weighted by Gasteiger charge is 1.99. The molecule has 3 heteroatoms. The molecule has 1 atom stereocenters. The standard InChI is InChI=1S/C8H12N2O/c1-10-7-4-2-3-6(5-7)8(9)11/h2-5,8,10-11H,9H2,1H3. The van der Waals surface area contributed by atoms with E-state index in [0.29, 0.717) is 0 Å². The largest absolute Gasteiger partial charge is 0.388 e. The van der Waals surface area contributed by atoms with Gasteiger partial charge in [0.05, 0.1) is 0 Å². The van der Waals surface area contributed by atoms with Crippen molar-refractivity contribution in [1.82, 2.24) is 0 Å². The molecule has 0 bridgehead atoms. The van der Waals surface area contributed by atoms with Gasteiger partial charge in [0.2, 0.25) is 0 Å². The zero-order valence-electron chi connectivity index (χ0n) is 6.41. The van der Waals surface area contributed by atoms with Crippen LogP contribution in [0, 0.1) is 0 Å². The smallest absolute Gasteiger partial charge is 0.128 e. The number of rotatable bonds is 2. The third-order valence-corrected chi connectivity index (χ3v) is 1.52. The van der Waals surface area contributed by atoms with Crippen LogP contribution in [0.15, 0.2) is 24.3 Å². The SMILES string of the molecule is CNc1cccc(C(N)O)c1. The van der Waals surface area contributed by atoms with Crippen molar-refractivity contribution in [2.75, 3.05) is 12.4 Å². The van der Waals surface area contributed by atoms with Crippen LogP contribution in [0.3, 0.4) is 0 Å². The van der Waals surface area contributed by atoms with Gasteiger partial charge in [0.15, 0.2) is 0 Å². The van der Waals surface area contributed by atoms with E-state index < -0.39 is 6.23 Å². The normalized spacial score (nSPS) is 12.6. The lowest BCUT2D eigenvalue weighted by atomic mass is 10.2. The molecule has 4 N–H and O–H groups in total. The average molecular weight is 152 g/mol. The van der Waals surface area contributed by atoms with Gasteiger partial charge in [-0.05, 0) is 17.7 Å². The van der Waals surface area contributed by atoms with E-state index in [1.54, 1.807) is 6.07 Å². The molecule has 0 fully saturated rings. The number of aliphatic hydroxyl groups excluding tert-OH is 1. The molecule has 0 amide bonds. The van der Waals surface area contributed by atoms with Gasteiger partial charge >= 0.3 is 0 Å². The third-order valence-electron chi connectivity index (χ3n) is 1.52. The van der Waals surface area contributed by atoms with E-state index in [9.17, 15) is 0 Å². The molecule has 0 heterocycles. The van der Waals surface area contributed by atoms with Crippen LogP contribution in [0.25, 0.3) is 0 Å². The molecule has 1 unspecified atom stereocenters. The summed E-state index contributed by atoms with van der Waals surface area (Å²) in [5.41, 5.74) is 6.94. The molecule has 0 spiro atoms. The second-order valence-electron chi connectivity index (χ2n) is 2.32. The first-order valence-corrected chi connectivity index (χ1v) is 3.45. The predicted molar refractivity (Wildman–Crippen MR) is 45.1 cm³/mol. The van der Waals surface area contributed by atoms with Gasteiger partial charge in [0.25, 0.3) is 0 Å². The number of aliphatic hydroxyl groups is 1. The summed E-state index contributed by atoms with van der Waals surface area (Å²) in [6, 6.07) is 7.35. The maximum Gasteiger partial charge on any atom is 0.128 e. The van der Waals surface area contributed by atoms with Crippen LogP contribution in [0.2, 0.25) is 0 Å². The third kappa shape index (κ3) is 1.93. The lowest BCUT2D eigenvalue weighted by molar-refractivity contribution is 0.186. The molecule has 0 saturated heterocycles. The van der Waals surface area contributed by atoms with Crippen molar-refractivity contribution in [3.05, 3.63) is 29.8 Å². The Balaban J connectivity index is 2.91. The number of benzene rings is 1. The zero-order valence-corrected chi connectivity index (χ0v) is 6.41. The molecule has 0 radical (unpaired) electrons. The molecule has 0 aliphatic rings. The van der Waals surface area contributed by atoms with Crippen molar-refractivity contribution in [2.24, 2.45) is 5.73 Å². The molecule has 1 aromatic carbocycles. The molecule has 0 aromatic heterocycles. The average Bonchev–Trinajstić information content (AvgIpc) is 2.05. The summed E-state index contributed by atoms with van der Waals surface area (Å²) in [5.74, 6) is 0. The van der Waals surface area contributed by atoms with Gasteiger partial charge in [-0.2, -0.15) is 0 Å². The fourth-order valence-electron chi connectivity index (χ4n) is 0.878. The maximum atomic E-state index is 8.99. The van der Waals surface area contributed by atoms with Crippen LogP contribution in [0.4, 0.5) is 5.69 Å². The number of anilines is 1. The Morgan fingerprint density at radius 2 is 2.27 bits per heavy atom. The summed E-state index contributed by atoms with van der Waals surface area (Å²) in [5, 5.41) is 11.9. The van der Waals surface area contributed by atoms with E-state index in [-0.39, 0.29) is 0 Å². The number of hydrogen-bond donors (Lipinski definition) is 3. The van der Waals surface area contributed by atoms with Crippen molar-refractivity contribution in [3.63, 3.8) is 0 Å². The van der Waals surface area contributed by atoms with Gasteiger partial charge in [0, 0.05) is 12.7 Å². The van der Waals surface area contributed by atoms with Crippen LogP contribution in [-0.2, 0) is 0 Å². The number of hydrogen-bond acceptors (Lipinski definition) is 3. The van der Waals surface area contributed by atoms with Crippen LogP contribution >= 0.6 is 0 Å². The van der Waals surface area contributed by atoms with Gasteiger partial charge in [-0.25, -0.2) is 0 Å². The Kier molecular flexibility index (Phi) is 2.46. The van der Waals surface area contributed by atoms with Crippen molar-refractivity contribution >= 4 is 5.69 Å². The molecule has 0 aliphatic heterocycles. The van der Waals surface area contributed by atoms with Gasteiger partial charge < -0.3 is 16.2 Å². The van der Waals surface area contributed by atoms with Crippen molar-refractivity contribution in [3.8, 4) is 0 Å². The minimum atomic E-state index is -0.886. The fourth-order valence-corrected chi connectivity index (χ4v) is 0.878. The minimum absolute atomic E-state index is 0.719. The summed E-state index contributed by atoms with van der Waals surface area (Å²) in [7, 11) is 1.82. The molecule has 11 heavy (non-hydrogen) atoms. The second kappa shape index (κ2) is 3.37. The lowest BCUT2D eigenvalue weighted by Crippen LogP contribution is -2.08. The van der Waals surface area contributed by atoms with Gasteiger partial charge in [0.1, 0.15) is 6.23 Å². The first-order valence-electron chi connectivity index (χ1n) is 3.45. The highest BCUT2D eigenvalue weighted by Crippen LogP contribution is 2.13. The molecule has 60 valence electrons. The Labute approximate surface area is 65.8 Å². The van der Waals surface area contributed by atoms with Crippen molar-refractivity contribution in [2.45, 2.75) is 6.23 Å². The van der Waals surface area contributed by atoms with Crippen LogP contribution < -0.4 is 11.1 Å². The topological polar surface area (TPSA) is 58.3 Å². The summed E-state index contributed by atoms with van der Waals surface area (Å²) in [4.78, 5) is 0. The molecular weight excluding hydrogens is 140 g/mol. The predicted octanol–water partition coefficient (Wildman–Crippen LogP) is 0.678. The highest BCUT2D eigenvalue weighted by atomic mass is 16.3. The molecular formula is C8H12N2O. The van der Waals surface area contributed by atoms with Gasteiger partial charge in [-0.15, -0.1) is 0 Å². The van der Waals surface area contributed by atoms with E-state index in [4.69, 9.17) is 10.8 Å². The molecule has 1 aromatic rings. The summed E-state index contributed by atoms with van der Waals surface area (Å²) >= 11 is 0. The van der Waals surface area contributed by atoms with Gasteiger partial charge in [-0.3, -0.25) is 0 Å². The Hall–Kier alpha value is -1.06. The lowest BCUT2D eigenvalue weighted by Gasteiger charge is -2.06. The fraction of sp³-hybridized carbons (Fsp3) is 0.250. The quantitative estimate of drug-likeness (QED) is 0.546. The van der Waals surface area contributed by atoms with Crippen molar-refractivity contribution in [1.29, 1.82) is 0 Å². The van der Waals surface area contributed by atoms with Gasteiger partial charge in [-0.1, -0.05) is 12.1 Å². The number of nitrogens with one attached hydrogen (secondary N) is 1. The molecule has 1 rings (SSSR count). The van der Waals surface area contributed by atoms with E-state index >= 15 is 0 Å². The summed E-state index contributed by atoms with van der Waals surface area (Å²) < 4.78 is 0. The maximum absolute atomic E-state index is 8.99. The van der Waals surface area contributed by atoms with Crippen LogP contribution in [0.1, 0.15) is 11.8 Å². The molecule has 0 saturated carbocycles. The van der Waals surface area contributed by atoms with E-state index in [2.05, 4.69) is 5.32 Å². The highest BCUT2D eigenvalue weighted by molar-refractivity contribution is 5.45. The Morgan fingerprint density at radius 1 is 1.55 bits per heavy atom. The second-order valence-corrected chi connectivity index (χ2v) is 2.32. The van der Waals surface area contributed by atoms with Crippen molar-refractivity contribution < 1.29 is 5.11 Å². The first kappa shape index (κ1) is 8.04. The zero-order chi connectivity index (χ0) is 8.27. The Bertz CT molecular complexity index is 235. The first-order chi connectivity index (χ1) is 5.24. The minimum Gasteiger partial charge on any atom is -0.388 e. The molecule has 3 nitrogen and oxygen atoms in total. The molecule has 0 aliphatic carbocycles. The van der Waals surface area contributed by atoms with Crippen LogP contribution in [0.5, 0.6) is 0 Å². The monoisotopic (exact) mass is 152 g/mol. The van der Waals surface area contributed by atoms with E-state index in [1.165, 1.54) is 0 Å². The summed E-state index contributed by atoms with van der Waals surface area (Å²) in [6.07, 6.45) is -0.886. The van der Waals surface area contributed by atoms with E-state index in [0.717, 1.165) is 11.3 Å². The van der Waals surface area contributed by atoms with E-state index in [1.807, 2.05) is 25.2 Å².